The van der Waals surface area contributed by atoms with Crippen LogP contribution in [0.1, 0.15) is 0 Å². The summed E-state index contributed by atoms with van der Waals surface area (Å²) in [5.41, 5.74) is 0. The third-order valence-corrected chi connectivity index (χ3v) is 0.949. The molecule has 0 fully saturated rings. The third kappa shape index (κ3) is 1.26. The minimum absolute atomic E-state index is 0.204. The van der Waals surface area contributed by atoms with Crippen LogP contribution in [-0.2, 0) is 0 Å². The van der Waals surface area contributed by atoms with Gasteiger partial charge in [0.25, 0.3) is 0 Å². The highest BCUT2D eigenvalue weighted by Gasteiger charge is 2.11. The van der Waals surface area contributed by atoms with Gasteiger partial charge in [-0.1, -0.05) is 0 Å². The van der Waals surface area contributed by atoms with Crippen LogP contribution in [0.3, 0.4) is 0 Å². The Bertz CT molecular complexity index is 176. The summed E-state index contributed by atoms with van der Waals surface area (Å²) in [5.74, 6) is -1.39. The van der Waals surface area contributed by atoms with Gasteiger partial charge in [0.05, 0.1) is 6.54 Å². The molecule has 9 heavy (non-hydrogen) atoms. The molecule has 0 aliphatic carbocycles. The van der Waals surface area contributed by atoms with Gasteiger partial charge >= 0.3 is 0 Å². The first-order valence-corrected chi connectivity index (χ1v) is 2.38. The lowest BCUT2D eigenvalue weighted by Gasteiger charge is -2.14. The van der Waals surface area contributed by atoms with Crippen molar-refractivity contribution in [2.24, 2.45) is 0 Å². The van der Waals surface area contributed by atoms with E-state index in [1.807, 2.05) is 0 Å². The highest BCUT2D eigenvalue weighted by Crippen LogP contribution is 2.13. The number of halogens is 2. The van der Waals surface area contributed by atoms with E-state index in [2.05, 4.69) is 0 Å². The zero-order valence-electron chi connectivity index (χ0n) is 4.51. The average Bonchev–Trinajstić information content (AvgIpc) is 1.80. The van der Waals surface area contributed by atoms with Crippen molar-refractivity contribution in [1.29, 1.82) is 0 Å². The molecule has 0 aromatic carbocycles. The number of hydroxylamine groups is 2. The molecule has 1 aliphatic heterocycles. The Kier molecular flexibility index (Phi) is 1.48. The van der Waals surface area contributed by atoms with Crippen LogP contribution in [0.15, 0.2) is 23.9 Å². The Balaban J connectivity index is 2.74. The smallest absolute Gasteiger partial charge is 0.213 e. The molecule has 50 valence electrons. The van der Waals surface area contributed by atoms with Crippen LogP contribution in [0, 0.1) is 0 Å². The van der Waals surface area contributed by atoms with Crippen LogP contribution in [0.2, 0.25) is 0 Å². The molecular formula is C5H5F2NO. The maximum absolute atomic E-state index is 12.1. The maximum Gasteiger partial charge on any atom is 0.213 e. The highest BCUT2D eigenvalue weighted by atomic mass is 19.1. The van der Waals surface area contributed by atoms with Gasteiger partial charge < -0.3 is 0 Å². The molecule has 0 amide bonds. The molecule has 0 saturated carbocycles. The summed E-state index contributed by atoms with van der Waals surface area (Å²) in [6, 6.07) is 0. The lowest BCUT2D eigenvalue weighted by molar-refractivity contribution is -0.0740. The number of nitrogens with zero attached hydrogens (tertiary/aromatic N) is 1. The highest BCUT2D eigenvalue weighted by molar-refractivity contribution is 5.15. The molecule has 1 aliphatic rings. The normalized spacial score (nSPS) is 19.2. The van der Waals surface area contributed by atoms with Crippen molar-refractivity contribution in [1.82, 2.24) is 5.06 Å². The zero-order chi connectivity index (χ0) is 6.85. The predicted octanol–water partition coefficient (Wildman–Crippen LogP) is 1.36. The van der Waals surface area contributed by atoms with Gasteiger partial charge in [0.1, 0.15) is 5.83 Å². The summed E-state index contributed by atoms with van der Waals surface area (Å²) in [6.07, 6.45) is 1.83. The number of hydrogen-bond acceptors (Lipinski definition) is 2. The molecule has 4 heteroatoms. The van der Waals surface area contributed by atoms with E-state index in [1.165, 1.54) is 0 Å². The molecule has 0 saturated heterocycles. The molecule has 0 bridgehead atoms. The fourth-order valence-corrected chi connectivity index (χ4v) is 0.517. The molecule has 1 N–H and O–H groups in total. The molecule has 1 rings (SSSR count). The van der Waals surface area contributed by atoms with Gasteiger partial charge in [-0.2, -0.15) is 4.39 Å². The van der Waals surface area contributed by atoms with Gasteiger partial charge in [0, 0.05) is 0 Å². The lowest BCUT2D eigenvalue weighted by atomic mass is 10.4. The molecule has 0 unspecified atom stereocenters. The van der Waals surface area contributed by atoms with Crippen molar-refractivity contribution in [3.63, 3.8) is 0 Å². The fraction of sp³-hybridized carbons (Fsp3) is 0.200. The largest absolute Gasteiger partial charge is 0.286 e. The van der Waals surface area contributed by atoms with Crippen molar-refractivity contribution in [3.05, 3.63) is 23.9 Å². The van der Waals surface area contributed by atoms with Crippen molar-refractivity contribution in [3.8, 4) is 0 Å². The molecule has 0 radical (unpaired) electrons. The van der Waals surface area contributed by atoms with Crippen LogP contribution in [0.25, 0.3) is 0 Å². The van der Waals surface area contributed by atoms with Crippen LogP contribution >= 0.6 is 0 Å². The van der Waals surface area contributed by atoms with Crippen LogP contribution in [0.5, 0.6) is 0 Å². The van der Waals surface area contributed by atoms with E-state index < -0.39 is 18.3 Å². The monoisotopic (exact) mass is 133 g/mol. The molecule has 1 heterocycles. The first-order valence-electron chi connectivity index (χ1n) is 2.38. The molecule has 0 spiro atoms. The van der Waals surface area contributed by atoms with Gasteiger partial charge in [-0.25, -0.2) is 9.45 Å². The number of hydrogen-bond donors (Lipinski definition) is 1. The van der Waals surface area contributed by atoms with Crippen LogP contribution < -0.4 is 0 Å². The summed E-state index contributed by atoms with van der Waals surface area (Å²) in [6.45, 7) is -0.400. The summed E-state index contributed by atoms with van der Waals surface area (Å²) < 4.78 is 24.1. The zero-order valence-corrected chi connectivity index (χ0v) is 4.51. The van der Waals surface area contributed by atoms with Gasteiger partial charge in [0.2, 0.25) is 5.95 Å². The summed E-state index contributed by atoms with van der Waals surface area (Å²) >= 11 is 0. The van der Waals surface area contributed by atoms with Crippen molar-refractivity contribution >= 4 is 0 Å². The predicted molar refractivity (Wildman–Crippen MR) is 26.9 cm³/mol. The molecule has 0 aromatic heterocycles. The van der Waals surface area contributed by atoms with Crippen molar-refractivity contribution < 1.29 is 14.0 Å². The second-order valence-electron chi connectivity index (χ2n) is 1.66. The van der Waals surface area contributed by atoms with E-state index in [1.54, 1.807) is 0 Å². The van der Waals surface area contributed by atoms with Gasteiger partial charge in [0.15, 0.2) is 0 Å². The number of allylic oxidation sites excluding steroid dienone is 2. The van der Waals surface area contributed by atoms with E-state index in [9.17, 15) is 8.78 Å². The second-order valence-corrected chi connectivity index (χ2v) is 1.66. The molecule has 0 aromatic rings. The van der Waals surface area contributed by atoms with Crippen molar-refractivity contribution in [2.45, 2.75) is 0 Å². The Morgan fingerprint density at radius 2 is 2.11 bits per heavy atom. The molecular weight excluding hydrogens is 128 g/mol. The Hall–Kier alpha value is -0.900. The first kappa shape index (κ1) is 6.22. The van der Waals surface area contributed by atoms with E-state index in [-0.39, 0.29) is 5.06 Å². The third-order valence-electron chi connectivity index (χ3n) is 0.949. The SMILES string of the molecule is ON1CC(F)=CC=C1F. The second kappa shape index (κ2) is 2.14. The van der Waals surface area contributed by atoms with E-state index in [4.69, 9.17) is 5.21 Å². The Labute approximate surface area is 50.7 Å². The lowest BCUT2D eigenvalue weighted by Crippen LogP contribution is -2.20. The standard InChI is InChI=1S/C5H5F2NO/c6-4-1-2-5(7)8(9)3-4/h1-2,9H,3H2. The van der Waals surface area contributed by atoms with E-state index in [0.29, 0.717) is 0 Å². The van der Waals surface area contributed by atoms with Crippen molar-refractivity contribution in [2.75, 3.05) is 6.54 Å². The molecule has 0 atom stereocenters. The average molecular weight is 133 g/mol. The van der Waals surface area contributed by atoms with Crippen LogP contribution in [0.4, 0.5) is 8.78 Å². The Morgan fingerprint density at radius 3 is 2.56 bits per heavy atom. The quantitative estimate of drug-likeness (QED) is 0.504. The number of rotatable bonds is 0. The summed E-state index contributed by atoms with van der Waals surface area (Å²) in [4.78, 5) is 0. The van der Waals surface area contributed by atoms with Gasteiger partial charge in [-0.05, 0) is 12.2 Å². The first-order chi connectivity index (χ1) is 4.20. The van der Waals surface area contributed by atoms with E-state index in [0.717, 1.165) is 12.2 Å². The summed E-state index contributed by atoms with van der Waals surface area (Å²) in [5, 5.41) is 8.66. The summed E-state index contributed by atoms with van der Waals surface area (Å²) in [7, 11) is 0. The van der Waals surface area contributed by atoms with Gasteiger partial charge in [-0.15, -0.1) is 0 Å². The minimum atomic E-state index is -0.837. The minimum Gasteiger partial charge on any atom is -0.286 e. The maximum atomic E-state index is 12.1. The fourth-order valence-electron chi connectivity index (χ4n) is 0.517. The van der Waals surface area contributed by atoms with Crippen LogP contribution in [-0.4, -0.2) is 16.8 Å². The Morgan fingerprint density at radius 1 is 1.44 bits per heavy atom. The molecule has 2 nitrogen and oxygen atoms in total. The van der Waals surface area contributed by atoms with E-state index >= 15 is 0 Å². The topological polar surface area (TPSA) is 23.5 Å². The van der Waals surface area contributed by atoms with Gasteiger partial charge in [-0.3, -0.25) is 5.21 Å².